The van der Waals surface area contributed by atoms with Crippen LogP contribution >= 0.6 is 12.6 Å². The molecule has 0 amide bonds. The maximum atomic E-state index is 4.49. The zero-order chi connectivity index (χ0) is 13.7. The molecule has 0 aliphatic heterocycles. The highest BCUT2D eigenvalue weighted by Crippen LogP contribution is 2.18. The van der Waals surface area contributed by atoms with Gasteiger partial charge < -0.3 is 4.57 Å². The van der Waals surface area contributed by atoms with Crippen LogP contribution in [0.5, 0.6) is 0 Å². The lowest BCUT2D eigenvalue weighted by Crippen LogP contribution is -2.26. The third-order valence-corrected chi connectivity index (χ3v) is 3.80. The Morgan fingerprint density at radius 3 is 2.63 bits per heavy atom. The number of nitrogens with zero attached hydrogens (tertiary/aromatic N) is 3. The summed E-state index contributed by atoms with van der Waals surface area (Å²) in [7, 11) is 4.16. The molecule has 1 aromatic heterocycles. The number of aromatic nitrogens is 2. The van der Waals surface area contributed by atoms with Gasteiger partial charge in [-0.3, -0.25) is 4.90 Å². The molecule has 0 radical (unpaired) electrons. The molecule has 1 heterocycles. The largest absolute Gasteiger partial charge is 0.337 e. The summed E-state index contributed by atoms with van der Waals surface area (Å²) in [6.07, 6.45) is 3.83. The molecule has 0 N–H and O–H groups in total. The first-order valence-corrected chi connectivity index (χ1v) is 7.14. The van der Waals surface area contributed by atoms with Crippen LogP contribution in [0, 0.1) is 0 Å². The van der Waals surface area contributed by atoms with Crippen molar-refractivity contribution in [1.82, 2.24) is 14.5 Å². The third kappa shape index (κ3) is 3.85. The summed E-state index contributed by atoms with van der Waals surface area (Å²) in [5.41, 5.74) is 1.35. The van der Waals surface area contributed by atoms with E-state index in [9.17, 15) is 0 Å². The Labute approximate surface area is 120 Å². The molecule has 2 aromatic rings. The van der Waals surface area contributed by atoms with E-state index in [0.29, 0.717) is 5.92 Å². The molecule has 0 aliphatic carbocycles. The lowest BCUT2D eigenvalue weighted by molar-refractivity contribution is 0.300. The number of aryl methyl sites for hydroxylation is 1. The standard InChI is InChI=1S/C15H21N3S/c1-17(11-15-16-8-9-18(15)2)10-14(12-19)13-6-4-3-5-7-13/h3-9,14,19H,10-12H2,1-2H3. The second kappa shape index (κ2) is 6.78. The first-order chi connectivity index (χ1) is 9.20. The van der Waals surface area contributed by atoms with E-state index in [2.05, 4.69) is 64.5 Å². The first-order valence-electron chi connectivity index (χ1n) is 6.51. The van der Waals surface area contributed by atoms with Gasteiger partial charge in [0, 0.05) is 31.9 Å². The highest BCUT2D eigenvalue weighted by atomic mass is 32.1. The van der Waals surface area contributed by atoms with Gasteiger partial charge >= 0.3 is 0 Å². The smallest absolute Gasteiger partial charge is 0.122 e. The van der Waals surface area contributed by atoms with Gasteiger partial charge in [0.15, 0.2) is 0 Å². The molecule has 0 saturated carbocycles. The van der Waals surface area contributed by atoms with E-state index in [1.807, 2.05) is 19.4 Å². The zero-order valence-electron chi connectivity index (χ0n) is 11.5. The van der Waals surface area contributed by atoms with Crippen LogP contribution in [0.15, 0.2) is 42.7 Å². The van der Waals surface area contributed by atoms with Gasteiger partial charge in [-0.05, 0) is 18.4 Å². The van der Waals surface area contributed by atoms with Crippen LogP contribution in [0.2, 0.25) is 0 Å². The topological polar surface area (TPSA) is 21.1 Å². The number of hydrogen-bond donors (Lipinski definition) is 1. The van der Waals surface area contributed by atoms with Crippen LogP contribution in [0.25, 0.3) is 0 Å². The van der Waals surface area contributed by atoms with Crippen LogP contribution in [-0.4, -0.2) is 33.8 Å². The van der Waals surface area contributed by atoms with E-state index in [1.54, 1.807) is 0 Å². The van der Waals surface area contributed by atoms with Crippen molar-refractivity contribution in [3.05, 3.63) is 54.1 Å². The molecule has 1 unspecified atom stereocenters. The van der Waals surface area contributed by atoms with E-state index in [0.717, 1.165) is 24.7 Å². The number of rotatable bonds is 6. The van der Waals surface area contributed by atoms with Gasteiger partial charge in [0.2, 0.25) is 0 Å². The van der Waals surface area contributed by atoms with Gasteiger partial charge in [0.05, 0.1) is 6.54 Å². The SMILES string of the molecule is CN(Cc1nccn1C)CC(CS)c1ccccc1. The molecule has 0 aliphatic rings. The minimum absolute atomic E-state index is 0.454. The quantitative estimate of drug-likeness (QED) is 0.818. The van der Waals surface area contributed by atoms with Gasteiger partial charge in [-0.1, -0.05) is 30.3 Å². The summed E-state index contributed by atoms with van der Waals surface area (Å²) in [5.74, 6) is 2.40. The van der Waals surface area contributed by atoms with Gasteiger partial charge in [-0.25, -0.2) is 4.98 Å². The van der Waals surface area contributed by atoms with Crippen molar-refractivity contribution in [1.29, 1.82) is 0 Å². The fraction of sp³-hybridized carbons (Fsp3) is 0.400. The van der Waals surface area contributed by atoms with E-state index in [-0.39, 0.29) is 0 Å². The van der Waals surface area contributed by atoms with E-state index < -0.39 is 0 Å². The van der Waals surface area contributed by atoms with Gasteiger partial charge in [0.1, 0.15) is 5.82 Å². The maximum Gasteiger partial charge on any atom is 0.122 e. The lowest BCUT2D eigenvalue weighted by Gasteiger charge is -2.23. The van der Waals surface area contributed by atoms with Gasteiger partial charge in [-0.2, -0.15) is 12.6 Å². The number of imidazole rings is 1. The predicted molar refractivity (Wildman–Crippen MR) is 82.6 cm³/mol. The van der Waals surface area contributed by atoms with E-state index in [1.165, 1.54) is 5.56 Å². The molecular weight excluding hydrogens is 254 g/mol. The predicted octanol–water partition coefficient (Wildman–Crippen LogP) is 2.57. The molecule has 3 nitrogen and oxygen atoms in total. The Bertz CT molecular complexity index is 495. The molecule has 2 rings (SSSR count). The number of hydrogen-bond acceptors (Lipinski definition) is 3. The maximum absolute atomic E-state index is 4.49. The monoisotopic (exact) mass is 275 g/mol. The number of likely N-dealkylation sites (N-methyl/N-ethyl adjacent to an activating group) is 1. The normalized spacial score (nSPS) is 12.8. The van der Waals surface area contributed by atoms with Crippen molar-refractivity contribution in [2.45, 2.75) is 12.5 Å². The number of benzene rings is 1. The Morgan fingerprint density at radius 2 is 2.05 bits per heavy atom. The fourth-order valence-electron chi connectivity index (χ4n) is 2.22. The Hall–Kier alpha value is -1.26. The molecular formula is C15H21N3S. The van der Waals surface area contributed by atoms with Crippen molar-refractivity contribution in [3.63, 3.8) is 0 Å². The van der Waals surface area contributed by atoms with Crippen molar-refractivity contribution < 1.29 is 0 Å². The Kier molecular flexibility index (Phi) is 5.05. The second-order valence-electron chi connectivity index (χ2n) is 4.94. The summed E-state index contributed by atoms with van der Waals surface area (Å²) in [6.45, 7) is 1.85. The highest BCUT2D eigenvalue weighted by molar-refractivity contribution is 7.80. The molecule has 0 spiro atoms. The molecule has 4 heteroatoms. The molecule has 0 fully saturated rings. The highest BCUT2D eigenvalue weighted by Gasteiger charge is 2.13. The van der Waals surface area contributed by atoms with Gasteiger partial charge in [-0.15, -0.1) is 0 Å². The molecule has 1 atom stereocenters. The average Bonchev–Trinajstić information content (AvgIpc) is 2.82. The van der Waals surface area contributed by atoms with E-state index in [4.69, 9.17) is 0 Å². The minimum atomic E-state index is 0.454. The summed E-state index contributed by atoms with van der Waals surface area (Å²) in [5, 5.41) is 0. The van der Waals surface area contributed by atoms with Crippen LogP contribution in [0.4, 0.5) is 0 Å². The molecule has 0 saturated heterocycles. The minimum Gasteiger partial charge on any atom is -0.337 e. The average molecular weight is 275 g/mol. The Balaban J connectivity index is 1.97. The summed E-state index contributed by atoms with van der Waals surface area (Å²) in [4.78, 5) is 6.67. The van der Waals surface area contributed by atoms with Crippen molar-refractivity contribution in [3.8, 4) is 0 Å². The molecule has 1 aromatic carbocycles. The van der Waals surface area contributed by atoms with E-state index >= 15 is 0 Å². The Morgan fingerprint density at radius 1 is 1.32 bits per heavy atom. The lowest BCUT2D eigenvalue weighted by atomic mass is 10.0. The third-order valence-electron chi connectivity index (χ3n) is 3.36. The van der Waals surface area contributed by atoms with Crippen molar-refractivity contribution >= 4 is 12.6 Å². The molecule has 19 heavy (non-hydrogen) atoms. The molecule has 0 bridgehead atoms. The van der Waals surface area contributed by atoms with Crippen LogP contribution in [0.3, 0.4) is 0 Å². The van der Waals surface area contributed by atoms with Crippen LogP contribution < -0.4 is 0 Å². The fourth-order valence-corrected chi connectivity index (χ4v) is 2.55. The van der Waals surface area contributed by atoms with Crippen molar-refractivity contribution in [2.24, 2.45) is 7.05 Å². The number of thiol groups is 1. The summed E-state index contributed by atoms with van der Waals surface area (Å²) < 4.78 is 2.06. The first kappa shape index (κ1) is 14.2. The zero-order valence-corrected chi connectivity index (χ0v) is 12.4. The van der Waals surface area contributed by atoms with Crippen molar-refractivity contribution in [2.75, 3.05) is 19.3 Å². The summed E-state index contributed by atoms with van der Waals surface area (Å²) in [6, 6.07) is 10.6. The van der Waals surface area contributed by atoms with Gasteiger partial charge in [0.25, 0.3) is 0 Å². The molecule has 102 valence electrons. The van der Waals surface area contributed by atoms with Crippen LogP contribution in [-0.2, 0) is 13.6 Å². The summed E-state index contributed by atoms with van der Waals surface area (Å²) >= 11 is 4.49. The second-order valence-corrected chi connectivity index (χ2v) is 5.31. The van der Waals surface area contributed by atoms with Crippen LogP contribution in [0.1, 0.15) is 17.3 Å².